The van der Waals surface area contributed by atoms with Gasteiger partial charge in [0.15, 0.2) is 0 Å². The Morgan fingerprint density at radius 1 is 0.962 bits per heavy atom. The minimum atomic E-state index is -1.10. The van der Waals surface area contributed by atoms with Crippen LogP contribution in [0.15, 0.2) is 60.7 Å². The van der Waals surface area contributed by atoms with Crippen LogP contribution in [0, 0.1) is 6.92 Å². The van der Waals surface area contributed by atoms with E-state index in [0.29, 0.717) is 17.9 Å². The Balaban J connectivity index is 0.00000243. The number of carboxylic acid groups (broad SMARTS) is 1. The number of rotatable bonds is 6. The van der Waals surface area contributed by atoms with E-state index in [9.17, 15) is 9.90 Å². The molecule has 0 unspecified atom stereocenters. The normalized spacial score (nSPS) is 10.0. The molecule has 3 aromatic rings. The molecule has 1 aromatic carbocycles. The van der Waals surface area contributed by atoms with Crippen LogP contribution in [-0.4, -0.2) is 15.9 Å². The molecule has 126 valence electrons. The molecular weight excluding hydrogens is 339 g/mol. The molecule has 2 heterocycles. The second-order valence-corrected chi connectivity index (χ2v) is 5.66. The molecule has 6 heteroatoms. The van der Waals surface area contributed by atoms with Crippen LogP contribution in [0.4, 0.5) is 0 Å². The second-order valence-electron chi connectivity index (χ2n) is 5.66. The molecular formula is C20H17N2NaO3. The minimum absolute atomic E-state index is 0. The van der Waals surface area contributed by atoms with E-state index in [1.54, 1.807) is 24.3 Å². The largest absolute Gasteiger partial charge is 1.00 e. The third-order valence-corrected chi connectivity index (χ3v) is 3.62. The molecule has 0 radical (unpaired) electrons. The molecule has 0 aliphatic rings. The van der Waals surface area contributed by atoms with Gasteiger partial charge in [-0.25, -0.2) is 4.98 Å². The minimum Gasteiger partial charge on any atom is -0.550 e. The number of aliphatic carboxylic acids is 1. The molecule has 26 heavy (non-hydrogen) atoms. The molecule has 0 fully saturated rings. The van der Waals surface area contributed by atoms with Gasteiger partial charge in [0, 0.05) is 18.1 Å². The van der Waals surface area contributed by atoms with Gasteiger partial charge >= 0.3 is 29.6 Å². The van der Waals surface area contributed by atoms with Crippen LogP contribution in [0.25, 0.3) is 11.4 Å². The summed E-state index contributed by atoms with van der Waals surface area (Å²) >= 11 is 0. The summed E-state index contributed by atoms with van der Waals surface area (Å²) in [5.74, 6) is -0.442. The van der Waals surface area contributed by atoms with E-state index < -0.39 is 5.97 Å². The van der Waals surface area contributed by atoms with E-state index in [0.717, 1.165) is 22.8 Å². The smallest absolute Gasteiger partial charge is 0.550 e. The number of ether oxygens (including phenoxy) is 1. The number of aryl methyl sites for hydroxylation is 1. The summed E-state index contributed by atoms with van der Waals surface area (Å²) in [5.41, 5.74) is 4.04. The third-order valence-electron chi connectivity index (χ3n) is 3.62. The average Bonchev–Trinajstić information content (AvgIpc) is 2.61. The van der Waals surface area contributed by atoms with Crippen molar-refractivity contribution in [2.24, 2.45) is 0 Å². The predicted molar refractivity (Wildman–Crippen MR) is 91.7 cm³/mol. The van der Waals surface area contributed by atoms with Crippen LogP contribution in [0.3, 0.4) is 0 Å². The Hall–Kier alpha value is -2.21. The number of carboxylic acids is 1. The number of hydrogen-bond donors (Lipinski definition) is 0. The van der Waals surface area contributed by atoms with E-state index >= 15 is 0 Å². The van der Waals surface area contributed by atoms with Crippen LogP contribution >= 0.6 is 0 Å². The van der Waals surface area contributed by atoms with Crippen LogP contribution in [0.5, 0.6) is 5.75 Å². The zero-order chi connectivity index (χ0) is 17.6. The third kappa shape index (κ3) is 5.66. The van der Waals surface area contributed by atoms with Crippen molar-refractivity contribution >= 4 is 5.97 Å². The number of pyridine rings is 2. The molecule has 0 saturated heterocycles. The van der Waals surface area contributed by atoms with Gasteiger partial charge in [0.2, 0.25) is 0 Å². The number of nitrogens with zero attached hydrogens (tertiary/aromatic N) is 2. The fourth-order valence-corrected chi connectivity index (χ4v) is 2.42. The first kappa shape index (κ1) is 20.1. The second kappa shape index (κ2) is 9.48. The van der Waals surface area contributed by atoms with Gasteiger partial charge in [-0.15, -0.1) is 0 Å². The summed E-state index contributed by atoms with van der Waals surface area (Å²) in [7, 11) is 0. The molecule has 0 atom stereocenters. The summed E-state index contributed by atoms with van der Waals surface area (Å²) in [6.45, 7) is 2.26. The van der Waals surface area contributed by atoms with E-state index in [2.05, 4.69) is 9.97 Å². The van der Waals surface area contributed by atoms with Crippen molar-refractivity contribution in [3.8, 4) is 17.1 Å². The Morgan fingerprint density at radius 2 is 1.62 bits per heavy atom. The Labute approximate surface area is 174 Å². The van der Waals surface area contributed by atoms with Crippen molar-refractivity contribution in [2.45, 2.75) is 20.0 Å². The standard InChI is InChI=1S/C20H18N2O3.Na/c1-14-4-2-6-18(21-14)19-7-3-5-16(22-19)13-25-17-10-8-15(9-11-17)12-20(23)24;/h2-11H,12-13H2,1H3,(H,23,24);/q;+1/p-1. The van der Waals surface area contributed by atoms with Crippen molar-refractivity contribution in [1.29, 1.82) is 0 Å². The summed E-state index contributed by atoms with van der Waals surface area (Å²) in [6.07, 6.45) is -0.104. The van der Waals surface area contributed by atoms with E-state index in [4.69, 9.17) is 4.74 Å². The molecule has 0 aliphatic carbocycles. The van der Waals surface area contributed by atoms with Crippen molar-refractivity contribution in [3.05, 3.63) is 77.6 Å². The van der Waals surface area contributed by atoms with Gasteiger partial charge in [-0.2, -0.15) is 0 Å². The molecule has 0 bridgehead atoms. The van der Waals surface area contributed by atoms with Crippen LogP contribution < -0.4 is 39.4 Å². The van der Waals surface area contributed by atoms with Crippen LogP contribution in [0.1, 0.15) is 17.0 Å². The van der Waals surface area contributed by atoms with Gasteiger partial charge in [-0.1, -0.05) is 24.3 Å². The predicted octanol–water partition coefficient (Wildman–Crippen LogP) is -0.673. The first-order valence-electron chi connectivity index (χ1n) is 7.92. The fourth-order valence-electron chi connectivity index (χ4n) is 2.42. The number of carbonyl (C=O) groups excluding carboxylic acids is 1. The monoisotopic (exact) mass is 356 g/mol. The maximum Gasteiger partial charge on any atom is 1.00 e. The summed E-state index contributed by atoms with van der Waals surface area (Å²) < 4.78 is 5.72. The van der Waals surface area contributed by atoms with Crippen molar-refractivity contribution in [3.63, 3.8) is 0 Å². The van der Waals surface area contributed by atoms with Crippen LogP contribution in [0.2, 0.25) is 0 Å². The molecule has 0 spiro atoms. The van der Waals surface area contributed by atoms with Gasteiger partial charge in [0.05, 0.1) is 17.1 Å². The molecule has 3 rings (SSSR count). The summed E-state index contributed by atoms with van der Waals surface area (Å²) in [6, 6.07) is 18.5. The van der Waals surface area contributed by atoms with Gasteiger partial charge in [-0.05, 0) is 48.9 Å². The van der Waals surface area contributed by atoms with Crippen molar-refractivity contribution in [1.82, 2.24) is 9.97 Å². The molecule has 0 saturated carbocycles. The maximum atomic E-state index is 10.6. The van der Waals surface area contributed by atoms with E-state index in [1.807, 2.05) is 43.3 Å². The zero-order valence-corrected chi connectivity index (χ0v) is 16.8. The molecule has 2 aromatic heterocycles. The van der Waals surface area contributed by atoms with Gasteiger partial charge in [0.25, 0.3) is 0 Å². The Bertz CT molecular complexity index is 882. The zero-order valence-electron chi connectivity index (χ0n) is 14.8. The van der Waals surface area contributed by atoms with Gasteiger partial charge < -0.3 is 14.6 Å². The van der Waals surface area contributed by atoms with E-state index in [-0.39, 0.29) is 36.0 Å². The number of aromatic nitrogens is 2. The van der Waals surface area contributed by atoms with Crippen molar-refractivity contribution < 1.29 is 44.2 Å². The number of carbonyl (C=O) groups is 1. The molecule has 0 N–H and O–H groups in total. The van der Waals surface area contributed by atoms with Crippen molar-refractivity contribution in [2.75, 3.05) is 0 Å². The summed E-state index contributed by atoms with van der Waals surface area (Å²) in [4.78, 5) is 19.6. The first-order chi connectivity index (χ1) is 12.1. The topological polar surface area (TPSA) is 75.1 Å². The number of benzene rings is 1. The van der Waals surface area contributed by atoms with Crippen LogP contribution in [-0.2, 0) is 17.8 Å². The quantitative estimate of drug-likeness (QED) is 0.548. The summed E-state index contributed by atoms with van der Waals surface area (Å²) in [5, 5.41) is 10.6. The van der Waals surface area contributed by atoms with E-state index in [1.165, 1.54) is 0 Å². The van der Waals surface area contributed by atoms with Gasteiger partial charge in [0.1, 0.15) is 12.4 Å². The maximum absolute atomic E-state index is 10.6. The first-order valence-corrected chi connectivity index (χ1v) is 7.92. The molecule has 0 aliphatic heterocycles. The Kier molecular flexibility index (Phi) is 7.33. The number of hydrogen-bond acceptors (Lipinski definition) is 5. The Morgan fingerprint density at radius 3 is 2.27 bits per heavy atom. The fraction of sp³-hybridized carbons (Fsp3) is 0.150. The van der Waals surface area contributed by atoms with Gasteiger partial charge in [-0.3, -0.25) is 4.98 Å². The molecule has 5 nitrogen and oxygen atoms in total. The SMILES string of the molecule is Cc1cccc(-c2cccc(COc3ccc(CC(=O)[O-])cc3)n2)n1.[Na+]. The molecule has 0 amide bonds. The average molecular weight is 356 g/mol.